The maximum absolute atomic E-state index is 12.3. The molecular weight excluding hydrogens is 378 g/mol. The first-order valence-corrected chi connectivity index (χ1v) is 7.48. The van der Waals surface area contributed by atoms with Gasteiger partial charge in [-0.2, -0.15) is 8.78 Å². The Bertz CT molecular complexity index is 602. The van der Waals surface area contributed by atoms with Crippen molar-refractivity contribution in [3.8, 4) is 5.75 Å². The number of halogens is 3. The van der Waals surface area contributed by atoms with Crippen molar-refractivity contribution in [3.05, 3.63) is 34.3 Å². The number of hydrogen-bond donors (Lipinski definition) is 0. The maximum atomic E-state index is 12.3. The van der Waals surface area contributed by atoms with E-state index in [-0.39, 0.29) is 24.7 Å². The molecule has 0 unspecified atom stereocenters. The van der Waals surface area contributed by atoms with Gasteiger partial charge in [0, 0.05) is 16.1 Å². The molecule has 0 fully saturated rings. The molecule has 0 aromatic heterocycles. The Morgan fingerprint density at radius 2 is 1.83 bits per heavy atom. The number of alkyl halides is 2. The van der Waals surface area contributed by atoms with Gasteiger partial charge in [0.2, 0.25) is 0 Å². The van der Waals surface area contributed by atoms with Crippen molar-refractivity contribution in [1.82, 2.24) is 0 Å². The number of carbonyl (C=O) groups is 2. The van der Waals surface area contributed by atoms with Gasteiger partial charge in [0.1, 0.15) is 11.5 Å². The lowest BCUT2D eigenvalue weighted by Crippen LogP contribution is -2.15. The Kier molecular flexibility index (Phi) is 7.67. The number of ether oxygens (including phenoxy) is 3. The fourth-order valence-electron chi connectivity index (χ4n) is 1.62. The minimum Gasteiger partial charge on any atom is -0.493 e. The molecule has 0 bridgehead atoms. The normalized spacial score (nSPS) is 11.3. The number of rotatable bonds is 8. The smallest absolute Gasteiger partial charge is 0.387 e. The van der Waals surface area contributed by atoms with E-state index in [9.17, 15) is 18.4 Å². The monoisotopic (exact) mass is 392 g/mol. The fraction of sp³-hybridized carbons (Fsp3) is 0.333. The molecule has 1 rings (SSSR count). The average Bonchev–Trinajstić information content (AvgIpc) is 2.45. The van der Waals surface area contributed by atoms with E-state index in [4.69, 9.17) is 4.74 Å². The summed E-state index contributed by atoms with van der Waals surface area (Å²) in [5.74, 6) is -2.00. The van der Waals surface area contributed by atoms with Crippen molar-refractivity contribution >= 4 is 33.4 Å². The molecular formula is C15H15BrF2O5. The molecule has 1 aromatic carbocycles. The Morgan fingerprint density at radius 3 is 2.39 bits per heavy atom. The first-order chi connectivity index (χ1) is 10.9. The van der Waals surface area contributed by atoms with Crippen molar-refractivity contribution in [2.75, 3.05) is 13.2 Å². The Hall–Kier alpha value is -1.96. The van der Waals surface area contributed by atoms with Gasteiger partial charge in [-0.1, -0.05) is 15.9 Å². The maximum Gasteiger partial charge on any atom is 0.387 e. The van der Waals surface area contributed by atoms with Crippen LogP contribution < -0.4 is 4.74 Å². The molecule has 0 aliphatic rings. The predicted octanol–water partition coefficient (Wildman–Crippen LogP) is 3.56. The SMILES string of the molecule is CCOC(=O)C(=O)/C=C(\OCC)c1cc(Br)cc(OC(F)F)c1. The molecule has 8 heteroatoms. The highest BCUT2D eigenvalue weighted by Gasteiger charge is 2.16. The molecule has 0 aliphatic carbocycles. The zero-order valence-electron chi connectivity index (χ0n) is 12.5. The van der Waals surface area contributed by atoms with Crippen LogP contribution in [0.1, 0.15) is 19.4 Å². The second-order valence-corrected chi connectivity index (χ2v) is 5.00. The van der Waals surface area contributed by atoms with Gasteiger partial charge in [-0.3, -0.25) is 4.79 Å². The third kappa shape index (κ3) is 6.35. The third-order valence-electron chi connectivity index (χ3n) is 2.42. The Labute approximate surface area is 140 Å². The summed E-state index contributed by atoms with van der Waals surface area (Å²) in [5.41, 5.74) is 0.300. The molecule has 0 heterocycles. The Balaban J connectivity index is 3.16. The van der Waals surface area contributed by atoms with Crippen LogP contribution in [0, 0.1) is 0 Å². The molecule has 0 atom stereocenters. The summed E-state index contributed by atoms with van der Waals surface area (Å²) in [6.45, 7) is 0.529. The van der Waals surface area contributed by atoms with E-state index in [1.165, 1.54) is 18.2 Å². The van der Waals surface area contributed by atoms with Crippen LogP contribution >= 0.6 is 15.9 Å². The van der Waals surface area contributed by atoms with Crippen LogP contribution in [0.5, 0.6) is 5.75 Å². The highest BCUT2D eigenvalue weighted by atomic mass is 79.9. The van der Waals surface area contributed by atoms with Gasteiger partial charge in [-0.05, 0) is 32.0 Å². The molecule has 0 saturated heterocycles. The van der Waals surface area contributed by atoms with Crippen molar-refractivity contribution in [2.45, 2.75) is 20.5 Å². The van der Waals surface area contributed by atoms with Crippen LogP contribution in [0.3, 0.4) is 0 Å². The molecule has 1 aromatic rings. The van der Waals surface area contributed by atoms with Crippen molar-refractivity contribution < 1.29 is 32.6 Å². The first-order valence-electron chi connectivity index (χ1n) is 6.68. The Morgan fingerprint density at radius 1 is 1.17 bits per heavy atom. The molecule has 0 amide bonds. The highest BCUT2D eigenvalue weighted by Crippen LogP contribution is 2.27. The van der Waals surface area contributed by atoms with Gasteiger partial charge in [-0.25, -0.2) is 4.79 Å². The van der Waals surface area contributed by atoms with E-state index in [1.54, 1.807) is 13.8 Å². The van der Waals surface area contributed by atoms with E-state index in [0.29, 0.717) is 10.0 Å². The summed E-state index contributed by atoms with van der Waals surface area (Å²) in [7, 11) is 0. The van der Waals surface area contributed by atoms with Crippen LogP contribution in [0.25, 0.3) is 5.76 Å². The summed E-state index contributed by atoms with van der Waals surface area (Å²) in [6.07, 6.45) is 0.954. The fourth-order valence-corrected chi connectivity index (χ4v) is 2.09. The number of hydrogen-bond acceptors (Lipinski definition) is 5. The molecule has 23 heavy (non-hydrogen) atoms. The molecule has 0 aliphatic heterocycles. The topological polar surface area (TPSA) is 61.8 Å². The summed E-state index contributed by atoms with van der Waals surface area (Å²) in [4.78, 5) is 23.1. The van der Waals surface area contributed by atoms with Gasteiger partial charge in [0.05, 0.1) is 13.2 Å². The van der Waals surface area contributed by atoms with Crippen LogP contribution in [-0.4, -0.2) is 31.6 Å². The molecule has 0 N–H and O–H groups in total. The van der Waals surface area contributed by atoms with E-state index >= 15 is 0 Å². The van der Waals surface area contributed by atoms with Crippen LogP contribution in [0.2, 0.25) is 0 Å². The van der Waals surface area contributed by atoms with Crippen molar-refractivity contribution in [1.29, 1.82) is 0 Å². The van der Waals surface area contributed by atoms with Gasteiger partial charge in [0.15, 0.2) is 0 Å². The van der Waals surface area contributed by atoms with E-state index in [0.717, 1.165) is 6.08 Å². The van der Waals surface area contributed by atoms with E-state index in [2.05, 4.69) is 25.4 Å². The highest BCUT2D eigenvalue weighted by molar-refractivity contribution is 9.10. The summed E-state index contributed by atoms with van der Waals surface area (Å²) >= 11 is 3.16. The number of carbonyl (C=O) groups excluding carboxylic acids is 2. The lowest BCUT2D eigenvalue weighted by Gasteiger charge is -2.12. The lowest BCUT2D eigenvalue weighted by molar-refractivity contribution is -0.151. The van der Waals surface area contributed by atoms with Crippen molar-refractivity contribution in [3.63, 3.8) is 0 Å². The third-order valence-corrected chi connectivity index (χ3v) is 2.88. The lowest BCUT2D eigenvalue weighted by atomic mass is 10.1. The zero-order chi connectivity index (χ0) is 17.4. The minimum atomic E-state index is -2.99. The second kappa shape index (κ2) is 9.24. The summed E-state index contributed by atoms with van der Waals surface area (Å²) in [6, 6.07) is 4.15. The standard InChI is InChI=1S/C15H15BrF2O5/c1-3-21-13(8-12(19)14(20)22-4-2)9-5-10(16)7-11(6-9)23-15(17)18/h5-8,15H,3-4H2,1-2H3/b13-8-. The van der Waals surface area contributed by atoms with Gasteiger partial charge in [-0.15, -0.1) is 0 Å². The molecule has 5 nitrogen and oxygen atoms in total. The number of esters is 1. The molecule has 126 valence electrons. The second-order valence-electron chi connectivity index (χ2n) is 4.08. The summed E-state index contributed by atoms with van der Waals surface area (Å²) < 4.78 is 39.4. The van der Waals surface area contributed by atoms with Crippen LogP contribution in [0.4, 0.5) is 8.78 Å². The quantitative estimate of drug-likeness (QED) is 0.293. The van der Waals surface area contributed by atoms with Crippen LogP contribution in [0.15, 0.2) is 28.7 Å². The van der Waals surface area contributed by atoms with Crippen LogP contribution in [-0.2, 0) is 19.1 Å². The number of ketones is 1. The van der Waals surface area contributed by atoms with Gasteiger partial charge in [0.25, 0.3) is 5.78 Å². The molecule has 0 radical (unpaired) electrons. The zero-order valence-corrected chi connectivity index (χ0v) is 14.1. The van der Waals surface area contributed by atoms with Gasteiger partial charge >= 0.3 is 12.6 Å². The molecule has 0 saturated carbocycles. The largest absolute Gasteiger partial charge is 0.493 e. The van der Waals surface area contributed by atoms with Crippen molar-refractivity contribution in [2.24, 2.45) is 0 Å². The van der Waals surface area contributed by atoms with E-state index in [1.807, 2.05) is 0 Å². The number of benzene rings is 1. The minimum absolute atomic E-state index is 0.0472. The summed E-state index contributed by atoms with van der Waals surface area (Å²) in [5, 5.41) is 0. The molecule has 0 spiro atoms. The average molecular weight is 393 g/mol. The van der Waals surface area contributed by atoms with Gasteiger partial charge < -0.3 is 14.2 Å². The predicted molar refractivity (Wildman–Crippen MR) is 82.0 cm³/mol. The van der Waals surface area contributed by atoms with E-state index < -0.39 is 18.4 Å². The first kappa shape index (κ1) is 19.1.